The van der Waals surface area contributed by atoms with E-state index >= 15 is 0 Å². The molecule has 3 heterocycles. The Bertz CT molecular complexity index is 1270. The number of para-hydroxylation sites is 1. The molecule has 5 aromatic rings. The SMILES string of the molecule is Cc1ccc(CNc2ccnc3c(-c4cc5ccccc5o4)cnn23)c(C)c1. The Labute approximate surface area is 162 Å². The van der Waals surface area contributed by atoms with Gasteiger partial charge in [-0.05, 0) is 43.2 Å². The molecule has 1 N–H and O–H groups in total. The Morgan fingerprint density at radius 2 is 1.93 bits per heavy atom. The van der Waals surface area contributed by atoms with E-state index in [0.29, 0.717) is 0 Å². The molecular formula is C23H20N4O. The van der Waals surface area contributed by atoms with Gasteiger partial charge in [-0.3, -0.25) is 0 Å². The average Bonchev–Trinajstić information content (AvgIpc) is 3.31. The van der Waals surface area contributed by atoms with Crippen LogP contribution in [0.25, 0.3) is 27.9 Å². The molecule has 0 bridgehead atoms. The van der Waals surface area contributed by atoms with E-state index in [4.69, 9.17) is 4.42 Å². The second-order valence-electron chi connectivity index (χ2n) is 7.06. The van der Waals surface area contributed by atoms with E-state index in [1.165, 1.54) is 16.7 Å². The summed E-state index contributed by atoms with van der Waals surface area (Å²) in [7, 11) is 0. The van der Waals surface area contributed by atoms with E-state index in [9.17, 15) is 0 Å². The lowest BCUT2D eigenvalue weighted by molar-refractivity contribution is 0.632. The number of fused-ring (bicyclic) bond motifs is 2. The molecule has 0 amide bonds. The third kappa shape index (κ3) is 2.81. The van der Waals surface area contributed by atoms with Crippen molar-refractivity contribution in [3.8, 4) is 11.3 Å². The van der Waals surface area contributed by atoms with Crippen LogP contribution in [0.3, 0.4) is 0 Å². The predicted octanol–water partition coefficient (Wildman–Crippen LogP) is 5.37. The molecule has 0 aliphatic heterocycles. The highest BCUT2D eigenvalue weighted by Crippen LogP contribution is 2.30. The van der Waals surface area contributed by atoms with Crippen LogP contribution < -0.4 is 5.32 Å². The second kappa shape index (κ2) is 6.53. The van der Waals surface area contributed by atoms with E-state index in [0.717, 1.165) is 40.3 Å². The van der Waals surface area contributed by atoms with Crippen molar-refractivity contribution in [2.75, 3.05) is 5.32 Å². The molecule has 0 saturated heterocycles. The molecule has 5 nitrogen and oxygen atoms in total. The number of nitrogens with one attached hydrogen (secondary N) is 1. The van der Waals surface area contributed by atoms with Crippen LogP contribution in [0.4, 0.5) is 5.82 Å². The van der Waals surface area contributed by atoms with E-state index in [1.807, 2.05) is 47.1 Å². The maximum Gasteiger partial charge on any atom is 0.168 e. The topological polar surface area (TPSA) is 55.4 Å². The van der Waals surface area contributed by atoms with Gasteiger partial charge in [-0.15, -0.1) is 0 Å². The molecular weight excluding hydrogens is 348 g/mol. The highest BCUT2D eigenvalue weighted by atomic mass is 16.3. The van der Waals surface area contributed by atoms with Crippen molar-refractivity contribution < 1.29 is 4.42 Å². The Morgan fingerprint density at radius 3 is 2.79 bits per heavy atom. The Balaban J connectivity index is 1.50. The lowest BCUT2D eigenvalue weighted by Gasteiger charge is -2.11. The van der Waals surface area contributed by atoms with Gasteiger partial charge in [0.05, 0.1) is 11.8 Å². The number of hydrogen-bond donors (Lipinski definition) is 1. The number of nitrogens with zero attached hydrogens (tertiary/aromatic N) is 3. The molecule has 138 valence electrons. The normalized spacial score (nSPS) is 11.4. The summed E-state index contributed by atoms with van der Waals surface area (Å²) < 4.78 is 7.83. The van der Waals surface area contributed by atoms with Gasteiger partial charge in [0, 0.05) is 18.1 Å². The minimum absolute atomic E-state index is 0.727. The summed E-state index contributed by atoms with van der Waals surface area (Å²) in [6, 6.07) is 18.5. The van der Waals surface area contributed by atoms with Crippen LogP contribution >= 0.6 is 0 Å². The average molecular weight is 368 g/mol. The molecule has 0 radical (unpaired) electrons. The minimum Gasteiger partial charge on any atom is -0.456 e. The quantitative estimate of drug-likeness (QED) is 0.463. The maximum atomic E-state index is 6.00. The summed E-state index contributed by atoms with van der Waals surface area (Å²) >= 11 is 0. The van der Waals surface area contributed by atoms with Gasteiger partial charge in [-0.1, -0.05) is 42.0 Å². The summed E-state index contributed by atoms with van der Waals surface area (Å²) in [4.78, 5) is 4.53. The number of anilines is 1. The first-order valence-electron chi connectivity index (χ1n) is 9.31. The van der Waals surface area contributed by atoms with Gasteiger partial charge in [0.15, 0.2) is 5.65 Å². The predicted molar refractivity (Wildman–Crippen MR) is 111 cm³/mol. The molecule has 0 atom stereocenters. The summed E-state index contributed by atoms with van der Waals surface area (Å²) in [5, 5.41) is 9.10. The fraction of sp³-hybridized carbons (Fsp3) is 0.130. The number of hydrogen-bond acceptors (Lipinski definition) is 4. The molecule has 3 aromatic heterocycles. The Kier molecular flexibility index (Phi) is 3.86. The first-order chi connectivity index (χ1) is 13.7. The zero-order valence-electron chi connectivity index (χ0n) is 15.8. The third-order valence-corrected chi connectivity index (χ3v) is 5.05. The summed E-state index contributed by atoms with van der Waals surface area (Å²) in [6.07, 6.45) is 3.61. The summed E-state index contributed by atoms with van der Waals surface area (Å²) in [5.41, 5.74) is 6.33. The lowest BCUT2D eigenvalue weighted by atomic mass is 10.1. The number of aromatic nitrogens is 3. The van der Waals surface area contributed by atoms with Gasteiger partial charge in [0.25, 0.3) is 0 Å². The molecule has 0 fully saturated rings. The standard InChI is InChI=1S/C23H20N4O/c1-15-7-8-18(16(2)11-15)13-25-22-9-10-24-23-19(14-26-27(22)23)21-12-17-5-3-4-6-20(17)28-21/h3-12,14,25H,13H2,1-2H3. The second-order valence-corrected chi connectivity index (χ2v) is 7.06. The largest absolute Gasteiger partial charge is 0.456 e. The molecule has 2 aromatic carbocycles. The van der Waals surface area contributed by atoms with Crippen molar-refractivity contribution in [3.63, 3.8) is 0 Å². The van der Waals surface area contributed by atoms with E-state index in [-0.39, 0.29) is 0 Å². The zero-order valence-corrected chi connectivity index (χ0v) is 15.8. The van der Waals surface area contributed by atoms with Gasteiger partial charge >= 0.3 is 0 Å². The van der Waals surface area contributed by atoms with Gasteiger partial charge < -0.3 is 9.73 Å². The van der Waals surface area contributed by atoms with Crippen LogP contribution in [0.2, 0.25) is 0 Å². The Morgan fingerprint density at radius 1 is 1.04 bits per heavy atom. The van der Waals surface area contributed by atoms with Crippen LogP contribution in [0.1, 0.15) is 16.7 Å². The molecule has 0 saturated carbocycles. The van der Waals surface area contributed by atoms with Gasteiger partial charge in [-0.25, -0.2) is 4.98 Å². The Hall–Kier alpha value is -3.60. The van der Waals surface area contributed by atoms with Crippen molar-refractivity contribution >= 4 is 22.4 Å². The lowest BCUT2D eigenvalue weighted by Crippen LogP contribution is -2.06. The molecule has 0 aliphatic carbocycles. The van der Waals surface area contributed by atoms with Gasteiger partial charge in [-0.2, -0.15) is 9.61 Å². The number of rotatable bonds is 4. The monoisotopic (exact) mass is 368 g/mol. The molecule has 0 aliphatic rings. The summed E-state index contributed by atoms with van der Waals surface area (Å²) in [6.45, 7) is 4.98. The molecule has 28 heavy (non-hydrogen) atoms. The van der Waals surface area contributed by atoms with Crippen LogP contribution in [0, 0.1) is 13.8 Å². The molecule has 0 spiro atoms. The van der Waals surface area contributed by atoms with Crippen molar-refractivity contribution in [2.24, 2.45) is 0 Å². The first-order valence-corrected chi connectivity index (χ1v) is 9.31. The molecule has 5 heteroatoms. The van der Waals surface area contributed by atoms with Crippen LogP contribution in [0.5, 0.6) is 0 Å². The van der Waals surface area contributed by atoms with Crippen molar-refractivity contribution in [1.82, 2.24) is 14.6 Å². The van der Waals surface area contributed by atoms with Crippen LogP contribution in [-0.4, -0.2) is 14.6 Å². The van der Waals surface area contributed by atoms with Crippen molar-refractivity contribution in [1.29, 1.82) is 0 Å². The third-order valence-electron chi connectivity index (χ3n) is 5.05. The number of aryl methyl sites for hydroxylation is 2. The smallest absolute Gasteiger partial charge is 0.168 e. The van der Waals surface area contributed by atoms with Crippen molar-refractivity contribution in [3.05, 3.63) is 83.7 Å². The van der Waals surface area contributed by atoms with Crippen LogP contribution in [0.15, 0.2) is 71.4 Å². The molecule has 5 rings (SSSR count). The van der Waals surface area contributed by atoms with E-state index in [1.54, 1.807) is 6.20 Å². The van der Waals surface area contributed by atoms with Gasteiger partial charge in [0.2, 0.25) is 0 Å². The van der Waals surface area contributed by atoms with E-state index < -0.39 is 0 Å². The van der Waals surface area contributed by atoms with E-state index in [2.05, 4.69) is 47.4 Å². The maximum absolute atomic E-state index is 6.00. The number of benzene rings is 2. The number of furan rings is 1. The van der Waals surface area contributed by atoms with Gasteiger partial charge in [0.1, 0.15) is 17.2 Å². The van der Waals surface area contributed by atoms with Crippen LogP contribution in [-0.2, 0) is 6.54 Å². The summed E-state index contributed by atoms with van der Waals surface area (Å²) in [5.74, 6) is 1.67. The molecule has 0 unspecified atom stereocenters. The fourth-order valence-corrected chi connectivity index (χ4v) is 3.54. The fourth-order valence-electron chi connectivity index (χ4n) is 3.54. The first kappa shape index (κ1) is 16.6. The zero-order chi connectivity index (χ0) is 19.1. The minimum atomic E-state index is 0.727. The highest BCUT2D eigenvalue weighted by Gasteiger charge is 2.14. The highest BCUT2D eigenvalue weighted by molar-refractivity contribution is 5.86. The van der Waals surface area contributed by atoms with Crippen molar-refractivity contribution in [2.45, 2.75) is 20.4 Å².